The Morgan fingerprint density at radius 1 is 1.47 bits per heavy atom. The molecule has 1 fully saturated rings. The smallest absolute Gasteiger partial charge is 0.260 e. The molecule has 104 valence electrons. The number of amides is 1. The Morgan fingerprint density at radius 2 is 2.26 bits per heavy atom. The number of benzene rings is 1. The molecule has 0 aromatic heterocycles. The molecule has 1 aliphatic heterocycles. The first-order valence-corrected chi connectivity index (χ1v) is 6.95. The summed E-state index contributed by atoms with van der Waals surface area (Å²) >= 11 is 11.8. The van der Waals surface area contributed by atoms with Crippen LogP contribution in [0.5, 0.6) is 5.75 Å². The van der Waals surface area contributed by atoms with E-state index < -0.39 is 0 Å². The van der Waals surface area contributed by atoms with E-state index in [0.717, 1.165) is 19.4 Å². The summed E-state index contributed by atoms with van der Waals surface area (Å²) in [5.74, 6) is 0.356. The lowest BCUT2D eigenvalue weighted by Gasteiger charge is -2.23. The van der Waals surface area contributed by atoms with Gasteiger partial charge in [0.15, 0.2) is 6.61 Å². The maximum Gasteiger partial charge on any atom is 0.260 e. The highest BCUT2D eigenvalue weighted by molar-refractivity contribution is 6.34. The summed E-state index contributed by atoms with van der Waals surface area (Å²) in [7, 11) is 0. The maximum absolute atomic E-state index is 12.1. The summed E-state index contributed by atoms with van der Waals surface area (Å²) in [5, 5.41) is 0.960. The van der Waals surface area contributed by atoms with Crippen LogP contribution in [0.2, 0.25) is 10.0 Å². The van der Waals surface area contributed by atoms with Crippen molar-refractivity contribution in [3.63, 3.8) is 0 Å². The first-order chi connectivity index (χ1) is 9.11. The fourth-order valence-electron chi connectivity index (χ4n) is 2.22. The second kappa shape index (κ2) is 6.46. The number of halogens is 2. The van der Waals surface area contributed by atoms with Gasteiger partial charge >= 0.3 is 0 Å². The quantitative estimate of drug-likeness (QED) is 0.928. The van der Waals surface area contributed by atoms with Gasteiger partial charge in [-0.2, -0.15) is 0 Å². The summed E-state index contributed by atoms with van der Waals surface area (Å²) in [6, 6.07) is 5.04. The molecule has 4 nitrogen and oxygen atoms in total. The van der Waals surface area contributed by atoms with Crippen molar-refractivity contribution in [2.24, 2.45) is 5.73 Å². The first-order valence-electron chi connectivity index (χ1n) is 6.19. The molecular formula is C13H16Cl2N2O2. The number of ether oxygens (including phenoxy) is 1. The first kappa shape index (κ1) is 14.4. The third-order valence-electron chi connectivity index (χ3n) is 3.21. The molecular weight excluding hydrogens is 287 g/mol. The Bertz CT molecular complexity index is 468. The van der Waals surface area contributed by atoms with Crippen molar-refractivity contribution in [1.82, 2.24) is 4.90 Å². The SMILES string of the molecule is NCC1CCCN1C(=O)COc1cc(Cl)ccc1Cl. The fourth-order valence-corrected chi connectivity index (χ4v) is 2.55. The molecule has 0 aliphatic carbocycles. The zero-order valence-electron chi connectivity index (χ0n) is 10.4. The van der Waals surface area contributed by atoms with Crippen LogP contribution in [0.1, 0.15) is 12.8 Å². The Morgan fingerprint density at radius 3 is 3.00 bits per heavy atom. The van der Waals surface area contributed by atoms with Crippen LogP contribution in [0.25, 0.3) is 0 Å². The molecule has 2 rings (SSSR count). The Hall–Kier alpha value is -0.970. The van der Waals surface area contributed by atoms with Crippen molar-refractivity contribution in [2.75, 3.05) is 19.7 Å². The predicted molar refractivity (Wildman–Crippen MR) is 75.7 cm³/mol. The van der Waals surface area contributed by atoms with Gasteiger partial charge in [-0.05, 0) is 25.0 Å². The van der Waals surface area contributed by atoms with Crippen molar-refractivity contribution in [2.45, 2.75) is 18.9 Å². The molecule has 1 saturated heterocycles. The minimum absolute atomic E-state index is 0.0451. The Kier molecular flexibility index (Phi) is 4.91. The maximum atomic E-state index is 12.1. The molecule has 0 spiro atoms. The normalized spacial score (nSPS) is 18.7. The number of carbonyl (C=O) groups excluding carboxylic acids is 1. The van der Waals surface area contributed by atoms with E-state index in [0.29, 0.717) is 22.3 Å². The Balaban J connectivity index is 1.95. The molecule has 0 saturated carbocycles. The summed E-state index contributed by atoms with van der Waals surface area (Å²) in [5.41, 5.74) is 5.64. The molecule has 6 heteroatoms. The van der Waals surface area contributed by atoms with Crippen molar-refractivity contribution in [1.29, 1.82) is 0 Å². The van der Waals surface area contributed by atoms with E-state index >= 15 is 0 Å². The van der Waals surface area contributed by atoms with Gasteiger partial charge in [0, 0.05) is 30.2 Å². The van der Waals surface area contributed by atoms with E-state index in [1.165, 1.54) is 0 Å². The molecule has 1 aromatic carbocycles. The number of carbonyl (C=O) groups is 1. The van der Waals surface area contributed by atoms with Crippen LogP contribution < -0.4 is 10.5 Å². The summed E-state index contributed by atoms with van der Waals surface area (Å²) in [4.78, 5) is 13.8. The van der Waals surface area contributed by atoms with E-state index in [2.05, 4.69) is 0 Å². The van der Waals surface area contributed by atoms with Gasteiger partial charge in [0.1, 0.15) is 5.75 Å². The minimum Gasteiger partial charge on any atom is -0.482 e. The standard InChI is InChI=1S/C13H16Cl2N2O2/c14-9-3-4-11(15)12(6-9)19-8-13(18)17-5-1-2-10(17)7-16/h3-4,6,10H,1-2,5,7-8,16H2. The van der Waals surface area contributed by atoms with Crippen molar-refractivity contribution in [3.05, 3.63) is 28.2 Å². The van der Waals surface area contributed by atoms with Crippen LogP contribution in [-0.4, -0.2) is 36.5 Å². The topological polar surface area (TPSA) is 55.6 Å². The molecule has 0 bridgehead atoms. The fraction of sp³-hybridized carbons (Fsp3) is 0.462. The van der Waals surface area contributed by atoms with Gasteiger partial charge in [-0.25, -0.2) is 0 Å². The lowest BCUT2D eigenvalue weighted by Crippen LogP contribution is -2.42. The van der Waals surface area contributed by atoms with Crippen molar-refractivity contribution >= 4 is 29.1 Å². The van der Waals surface area contributed by atoms with E-state index in [1.54, 1.807) is 23.1 Å². The highest BCUT2D eigenvalue weighted by Gasteiger charge is 2.27. The molecule has 1 unspecified atom stereocenters. The van der Waals surface area contributed by atoms with Crippen molar-refractivity contribution in [3.8, 4) is 5.75 Å². The van der Waals surface area contributed by atoms with Crippen LogP contribution in [0.15, 0.2) is 18.2 Å². The van der Waals surface area contributed by atoms with E-state index in [9.17, 15) is 4.79 Å². The zero-order valence-corrected chi connectivity index (χ0v) is 12.0. The molecule has 19 heavy (non-hydrogen) atoms. The molecule has 1 amide bonds. The molecule has 2 N–H and O–H groups in total. The second-order valence-corrected chi connectivity index (χ2v) is 5.33. The molecule has 1 heterocycles. The Labute approximate surface area is 122 Å². The van der Waals surface area contributed by atoms with Gasteiger partial charge in [0.25, 0.3) is 5.91 Å². The third kappa shape index (κ3) is 3.53. The number of nitrogens with two attached hydrogens (primary N) is 1. The number of hydrogen-bond acceptors (Lipinski definition) is 3. The van der Waals surface area contributed by atoms with Crippen LogP contribution in [0.3, 0.4) is 0 Å². The largest absolute Gasteiger partial charge is 0.482 e. The average Bonchev–Trinajstić information content (AvgIpc) is 2.88. The molecule has 0 radical (unpaired) electrons. The van der Waals surface area contributed by atoms with Gasteiger partial charge in [-0.1, -0.05) is 23.2 Å². The molecule has 1 atom stereocenters. The highest BCUT2D eigenvalue weighted by Crippen LogP contribution is 2.27. The lowest BCUT2D eigenvalue weighted by atomic mass is 10.2. The van der Waals surface area contributed by atoms with E-state index in [4.69, 9.17) is 33.7 Å². The van der Waals surface area contributed by atoms with Crippen LogP contribution in [0, 0.1) is 0 Å². The molecule has 1 aromatic rings. The van der Waals surface area contributed by atoms with Gasteiger partial charge < -0.3 is 15.4 Å². The van der Waals surface area contributed by atoms with Crippen molar-refractivity contribution < 1.29 is 9.53 Å². The van der Waals surface area contributed by atoms with Crippen LogP contribution in [-0.2, 0) is 4.79 Å². The van der Waals surface area contributed by atoms with E-state index in [1.807, 2.05) is 0 Å². The summed E-state index contributed by atoms with van der Waals surface area (Å²) in [6.07, 6.45) is 1.95. The minimum atomic E-state index is -0.0657. The lowest BCUT2D eigenvalue weighted by molar-refractivity contribution is -0.134. The predicted octanol–water partition coefficient (Wildman–Crippen LogP) is 2.32. The second-order valence-electron chi connectivity index (χ2n) is 4.48. The van der Waals surface area contributed by atoms with Gasteiger partial charge in [0.2, 0.25) is 0 Å². The van der Waals surface area contributed by atoms with E-state index in [-0.39, 0.29) is 18.6 Å². The number of hydrogen-bond donors (Lipinski definition) is 1. The third-order valence-corrected chi connectivity index (χ3v) is 3.76. The zero-order chi connectivity index (χ0) is 13.8. The van der Waals surface area contributed by atoms with Crippen LogP contribution >= 0.6 is 23.2 Å². The van der Waals surface area contributed by atoms with Gasteiger partial charge in [-0.15, -0.1) is 0 Å². The summed E-state index contributed by atoms with van der Waals surface area (Å²) in [6.45, 7) is 1.19. The molecule has 1 aliphatic rings. The number of rotatable bonds is 4. The number of nitrogens with zero attached hydrogens (tertiary/aromatic N) is 1. The van der Waals surface area contributed by atoms with Gasteiger partial charge in [-0.3, -0.25) is 4.79 Å². The van der Waals surface area contributed by atoms with Crippen LogP contribution in [0.4, 0.5) is 0 Å². The van der Waals surface area contributed by atoms with Gasteiger partial charge in [0.05, 0.1) is 5.02 Å². The highest BCUT2D eigenvalue weighted by atomic mass is 35.5. The monoisotopic (exact) mass is 302 g/mol. The number of likely N-dealkylation sites (tertiary alicyclic amines) is 1. The summed E-state index contributed by atoms with van der Waals surface area (Å²) < 4.78 is 5.44. The average molecular weight is 303 g/mol.